The third-order valence-electron chi connectivity index (χ3n) is 1.41. The maximum absolute atomic E-state index is 3.31. The third-order valence-corrected chi connectivity index (χ3v) is 2.14. The van der Waals surface area contributed by atoms with Crippen LogP contribution in [0, 0.1) is 0 Å². The van der Waals surface area contributed by atoms with Crippen molar-refractivity contribution in [2.45, 2.75) is 13.5 Å². The van der Waals surface area contributed by atoms with Gasteiger partial charge in [-0.2, -0.15) is 11.3 Å². The topological polar surface area (TPSA) is 12.0 Å². The summed E-state index contributed by atoms with van der Waals surface area (Å²) in [6, 6.07) is 2.15. The van der Waals surface area contributed by atoms with Gasteiger partial charge < -0.3 is 5.32 Å². The number of rotatable bonds is 4. The Morgan fingerprint density at radius 1 is 1.64 bits per heavy atom. The first-order valence-corrected chi connectivity index (χ1v) is 4.70. The van der Waals surface area contributed by atoms with Gasteiger partial charge in [-0.25, -0.2) is 0 Å². The highest BCUT2D eigenvalue weighted by molar-refractivity contribution is 7.07. The predicted octanol–water partition coefficient (Wildman–Crippen LogP) is 2.41. The van der Waals surface area contributed by atoms with Crippen molar-refractivity contribution in [3.63, 3.8) is 0 Å². The van der Waals surface area contributed by atoms with Crippen molar-refractivity contribution in [2.24, 2.45) is 0 Å². The molecule has 60 valence electrons. The molecule has 0 aliphatic rings. The molecule has 0 unspecified atom stereocenters. The second-order valence-electron chi connectivity index (χ2n) is 2.33. The Balaban J connectivity index is 2.14. The lowest BCUT2D eigenvalue weighted by Crippen LogP contribution is -2.11. The summed E-state index contributed by atoms with van der Waals surface area (Å²) in [5.41, 5.74) is 1.37. The van der Waals surface area contributed by atoms with Gasteiger partial charge >= 0.3 is 0 Å². The lowest BCUT2D eigenvalue weighted by atomic mass is 10.3. The molecular formula is C9H13NS. The molecule has 0 aromatic carbocycles. The summed E-state index contributed by atoms with van der Waals surface area (Å²) in [7, 11) is 0. The number of hydrogen-bond acceptors (Lipinski definition) is 2. The molecule has 2 heteroatoms. The molecular weight excluding hydrogens is 154 g/mol. The molecule has 0 aliphatic carbocycles. The first kappa shape index (κ1) is 8.50. The number of hydrogen-bond donors (Lipinski definition) is 1. The SMILES string of the molecule is C/C=C/CNCc1ccsc1. The first-order chi connectivity index (χ1) is 5.43. The van der Waals surface area contributed by atoms with E-state index in [-0.39, 0.29) is 0 Å². The molecule has 0 atom stereocenters. The summed E-state index contributed by atoms with van der Waals surface area (Å²) in [4.78, 5) is 0. The van der Waals surface area contributed by atoms with Crippen LogP contribution >= 0.6 is 11.3 Å². The van der Waals surface area contributed by atoms with Crippen LogP contribution in [0.3, 0.4) is 0 Å². The van der Waals surface area contributed by atoms with Crippen LogP contribution in [0.4, 0.5) is 0 Å². The number of allylic oxidation sites excluding steroid dienone is 1. The molecule has 0 saturated carbocycles. The molecule has 0 aliphatic heterocycles. The van der Waals surface area contributed by atoms with Crippen molar-refractivity contribution in [3.05, 3.63) is 34.5 Å². The van der Waals surface area contributed by atoms with Crippen LogP contribution in [0.1, 0.15) is 12.5 Å². The van der Waals surface area contributed by atoms with Gasteiger partial charge in [-0.15, -0.1) is 0 Å². The molecule has 1 heterocycles. The molecule has 0 saturated heterocycles. The van der Waals surface area contributed by atoms with E-state index in [9.17, 15) is 0 Å². The second kappa shape index (κ2) is 5.10. The molecule has 1 aromatic heterocycles. The summed E-state index contributed by atoms with van der Waals surface area (Å²) in [5.74, 6) is 0. The fourth-order valence-corrected chi connectivity index (χ4v) is 1.48. The van der Waals surface area contributed by atoms with E-state index in [1.807, 2.05) is 6.92 Å². The van der Waals surface area contributed by atoms with Gasteiger partial charge in [0.2, 0.25) is 0 Å². The Hall–Kier alpha value is -0.600. The number of nitrogens with one attached hydrogen (secondary N) is 1. The quantitative estimate of drug-likeness (QED) is 0.536. The summed E-state index contributed by atoms with van der Waals surface area (Å²) < 4.78 is 0. The standard InChI is InChI=1S/C9H13NS/c1-2-3-5-10-7-9-4-6-11-8-9/h2-4,6,8,10H,5,7H2,1H3/b3-2+. The summed E-state index contributed by atoms with van der Waals surface area (Å²) in [6.07, 6.45) is 4.17. The van der Waals surface area contributed by atoms with E-state index in [2.05, 4.69) is 34.3 Å². The Morgan fingerprint density at radius 2 is 2.55 bits per heavy atom. The molecule has 0 bridgehead atoms. The molecule has 0 fully saturated rings. The fraction of sp³-hybridized carbons (Fsp3) is 0.333. The Bertz CT molecular complexity index is 201. The van der Waals surface area contributed by atoms with E-state index in [0.29, 0.717) is 0 Å². The second-order valence-corrected chi connectivity index (χ2v) is 3.11. The zero-order valence-corrected chi connectivity index (χ0v) is 7.53. The van der Waals surface area contributed by atoms with Gasteiger partial charge in [-0.3, -0.25) is 0 Å². The zero-order chi connectivity index (χ0) is 7.94. The maximum Gasteiger partial charge on any atom is 0.0216 e. The Kier molecular flexibility index (Phi) is 3.94. The molecule has 0 spiro atoms. The van der Waals surface area contributed by atoms with Crippen molar-refractivity contribution in [1.29, 1.82) is 0 Å². The van der Waals surface area contributed by atoms with Crippen LogP contribution < -0.4 is 5.32 Å². The molecule has 1 aromatic rings. The van der Waals surface area contributed by atoms with Crippen molar-refractivity contribution in [3.8, 4) is 0 Å². The zero-order valence-electron chi connectivity index (χ0n) is 6.71. The smallest absolute Gasteiger partial charge is 0.0216 e. The van der Waals surface area contributed by atoms with Crippen LogP contribution in [0.2, 0.25) is 0 Å². The van der Waals surface area contributed by atoms with Gasteiger partial charge in [0, 0.05) is 13.1 Å². The molecule has 1 nitrogen and oxygen atoms in total. The van der Waals surface area contributed by atoms with E-state index in [0.717, 1.165) is 13.1 Å². The van der Waals surface area contributed by atoms with Gasteiger partial charge in [0.25, 0.3) is 0 Å². The molecule has 1 rings (SSSR count). The van der Waals surface area contributed by atoms with E-state index >= 15 is 0 Å². The largest absolute Gasteiger partial charge is 0.309 e. The van der Waals surface area contributed by atoms with Crippen molar-refractivity contribution >= 4 is 11.3 Å². The van der Waals surface area contributed by atoms with E-state index in [4.69, 9.17) is 0 Å². The number of thiophene rings is 1. The van der Waals surface area contributed by atoms with Crippen molar-refractivity contribution in [1.82, 2.24) is 5.32 Å². The van der Waals surface area contributed by atoms with Crippen LogP contribution in [0.5, 0.6) is 0 Å². The maximum atomic E-state index is 3.31. The Morgan fingerprint density at radius 3 is 3.18 bits per heavy atom. The van der Waals surface area contributed by atoms with Gasteiger partial charge in [0.15, 0.2) is 0 Å². The van der Waals surface area contributed by atoms with Crippen molar-refractivity contribution < 1.29 is 0 Å². The lowest BCUT2D eigenvalue weighted by Gasteiger charge is -1.96. The summed E-state index contributed by atoms with van der Waals surface area (Å²) in [6.45, 7) is 3.98. The third kappa shape index (κ3) is 3.35. The minimum absolute atomic E-state index is 0.965. The van der Waals surface area contributed by atoms with Gasteiger partial charge in [0.05, 0.1) is 0 Å². The minimum atomic E-state index is 0.965. The highest BCUT2D eigenvalue weighted by Crippen LogP contribution is 2.04. The van der Waals surface area contributed by atoms with Crippen LogP contribution in [-0.2, 0) is 6.54 Å². The lowest BCUT2D eigenvalue weighted by molar-refractivity contribution is 0.761. The molecule has 11 heavy (non-hydrogen) atoms. The fourth-order valence-electron chi connectivity index (χ4n) is 0.811. The highest BCUT2D eigenvalue weighted by Gasteiger charge is 1.88. The minimum Gasteiger partial charge on any atom is -0.309 e. The Labute approximate surface area is 71.8 Å². The van der Waals surface area contributed by atoms with E-state index in [1.54, 1.807) is 11.3 Å². The summed E-state index contributed by atoms with van der Waals surface area (Å²) >= 11 is 1.75. The first-order valence-electron chi connectivity index (χ1n) is 3.76. The summed E-state index contributed by atoms with van der Waals surface area (Å²) in [5, 5.41) is 7.58. The molecule has 0 radical (unpaired) electrons. The van der Waals surface area contributed by atoms with Gasteiger partial charge in [0.1, 0.15) is 0 Å². The van der Waals surface area contributed by atoms with Gasteiger partial charge in [-0.1, -0.05) is 12.2 Å². The van der Waals surface area contributed by atoms with E-state index < -0.39 is 0 Å². The average Bonchev–Trinajstić information content (AvgIpc) is 2.50. The van der Waals surface area contributed by atoms with Gasteiger partial charge in [-0.05, 0) is 29.3 Å². The van der Waals surface area contributed by atoms with Crippen molar-refractivity contribution in [2.75, 3.05) is 6.54 Å². The predicted molar refractivity (Wildman–Crippen MR) is 50.8 cm³/mol. The molecule has 0 amide bonds. The van der Waals surface area contributed by atoms with Crippen LogP contribution in [0.15, 0.2) is 29.0 Å². The van der Waals surface area contributed by atoms with Crippen LogP contribution in [0.25, 0.3) is 0 Å². The monoisotopic (exact) mass is 167 g/mol. The highest BCUT2D eigenvalue weighted by atomic mass is 32.1. The van der Waals surface area contributed by atoms with Crippen LogP contribution in [-0.4, -0.2) is 6.54 Å². The average molecular weight is 167 g/mol. The normalized spacial score (nSPS) is 11.0. The van der Waals surface area contributed by atoms with E-state index in [1.165, 1.54) is 5.56 Å². The molecule has 1 N–H and O–H groups in total.